The zero-order chi connectivity index (χ0) is 17.2. The third kappa shape index (κ3) is 3.20. The number of hydrogen-bond donors (Lipinski definition) is 1. The average molecular weight is 350 g/mol. The SMILES string of the molecule is Cn1cc(-c2nc(C(=O)Nc3cccc(-n4cccn4)c3)cs2)cn1. The van der Waals surface area contributed by atoms with E-state index in [1.165, 1.54) is 11.3 Å². The lowest BCUT2D eigenvalue weighted by Gasteiger charge is -2.06. The van der Waals surface area contributed by atoms with Gasteiger partial charge in [-0.1, -0.05) is 6.07 Å². The van der Waals surface area contributed by atoms with E-state index in [0.29, 0.717) is 11.4 Å². The molecule has 0 unspecified atom stereocenters. The lowest BCUT2D eigenvalue weighted by atomic mass is 10.2. The molecule has 0 bridgehead atoms. The van der Waals surface area contributed by atoms with Crippen LogP contribution in [0.2, 0.25) is 0 Å². The second-order valence-electron chi connectivity index (χ2n) is 5.40. The quantitative estimate of drug-likeness (QED) is 0.614. The van der Waals surface area contributed by atoms with Crippen LogP contribution >= 0.6 is 11.3 Å². The van der Waals surface area contributed by atoms with Crippen molar-refractivity contribution in [1.82, 2.24) is 24.5 Å². The molecule has 7 nitrogen and oxygen atoms in total. The van der Waals surface area contributed by atoms with Gasteiger partial charge in [0.15, 0.2) is 0 Å². The predicted octanol–water partition coefficient (Wildman–Crippen LogP) is 2.98. The van der Waals surface area contributed by atoms with Crippen LogP contribution in [0.5, 0.6) is 0 Å². The monoisotopic (exact) mass is 350 g/mol. The third-order valence-electron chi connectivity index (χ3n) is 3.56. The Bertz CT molecular complexity index is 1020. The summed E-state index contributed by atoms with van der Waals surface area (Å²) in [5, 5.41) is 13.7. The van der Waals surface area contributed by atoms with Crippen LogP contribution in [0.1, 0.15) is 10.5 Å². The normalized spacial score (nSPS) is 10.8. The van der Waals surface area contributed by atoms with Crippen molar-refractivity contribution in [3.63, 3.8) is 0 Å². The first kappa shape index (κ1) is 15.3. The van der Waals surface area contributed by atoms with Gasteiger partial charge >= 0.3 is 0 Å². The molecule has 0 radical (unpaired) electrons. The van der Waals surface area contributed by atoms with Gasteiger partial charge in [-0.2, -0.15) is 10.2 Å². The first-order chi connectivity index (χ1) is 12.2. The number of nitrogens with zero attached hydrogens (tertiary/aromatic N) is 5. The summed E-state index contributed by atoms with van der Waals surface area (Å²) in [5.74, 6) is -0.246. The molecule has 0 atom stereocenters. The van der Waals surface area contributed by atoms with Crippen molar-refractivity contribution in [1.29, 1.82) is 0 Å². The number of anilines is 1. The van der Waals surface area contributed by atoms with E-state index >= 15 is 0 Å². The van der Waals surface area contributed by atoms with Crippen molar-refractivity contribution in [3.05, 3.63) is 66.2 Å². The summed E-state index contributed by atoms with van der Waals surface area (Å²) in [6.07, 6.45) is 7.16. The Balaban J connectivity index is 1.53. The molecule has 0 spiro atoms. The fourth-order valence-corrected chi connectivity index (χ4v) is 3.16. The molecule has 0 fully saturated rings. The van der Waals surface area contributed by atoms with E-state index in [-0.39, 0.29) is 5.91 Å². The molecule has 25 heavy (non-hydrogen) atoms. The van der Waals surface area contributed by atoms with Crippen molar-refractivity contribution in [2.75, 3.05) is 5.32 Å². The highest BCUT2D eigenvalue weighted by Gasteiger charge is 2.13. The van der Waals surface area contributed by atoms with E-state index in [0.717, 1.165) is 16.3 Å². The second-order valence-corrected chi connectivity index (χ2v) is 6.25. The highest BCUT2D eigenvalue weighted by Crippen LogP contribution is 2.23. The highest BCUT2D eigenvalue weighted by molar-refractivity contribution is 7.13. The Morgan fingerprint density at radius 3 is 2.92 bits per heavy atom. The molecule has 0 aliphatic heterocycles. The number of carbonyl (C=O) groups excluding carboxylic acids is 1. The van der Waals surface area contributed by atoms with Gasteiger partial charge < -0.3 is 5.32 Å². The van der Waals surface area contributed by atoms with E-state index in [1.807, 2.05) is 49.8 Å². The lowest BCUT2D eigenvalue weighted by Crippen LogP contribution is -2.12. The molecule has 0 aliphatic rings. The first-order valence-corrected chi connectivity index (χ1v) is 8.43. The Kier molecular flexibility index (Phi) is 3.87. The standard InChI is InChI=1S/C17H14N6OS/c1-22-10-12(9-19-22)17-21-15(11-25-17)16(24)20-13-4-2-5-14(8-13)23-7-3-6-18-23/h2-11H,1H3,(H,20,24). The van der Waals surface area contributed by atoms with Crippen molar-refractivity contribution in [2.45, 2.75) is 0 Å². The summed E-state index contributed by atoms with van der Waals surface area (Å²) in [6, 6.07) is 9.33. The molecule has 124 valence electrons. The molecule has 8 heteroatoms. The number of carbonyl (C=O) groups is 1. The molecule has 0 saturated heterocycles. The minimum absolute atomic E-state index is 0.246. The molecule has 1 N–H and O–H groups in total. The van der Waals surface area contributed by atoms with Gasteiger partial charge in [0.1, 0.15) is 10.7 Å². The van der Waals surface area contributed by atoms with Gasteiger partial charge in [-0.25, -0.2) is 9.67 Å². The van der Waals surface area contributed by atoms with Gasteiger partial charge in [-0.3, -0.25) is 9.48 Å². The Labute approximate surface area is 147 Å². The van der Waals surface area contributed by atoms with Crippen molar-refractivity contribution >= 4 is 22.9 Å². The fourth-order valence-electron chi connectivity index (χ4n) is 2.39. The fraction of sp³-hybridized carbons (Fsp3) is 0.0588. The van der Waals surface area contributed by atoms with E-state index in [4.69, 9.17) is 0 Å². The number of amides is 1. The minimum Gasteiger partial charge on any atom is -0.321 e. The molecule has 0 saturated carbocycles. The number of nitrogens with one attached hydrogen (secondary N) is 1. The van der Waals surface area contributed by atoms with Gasteiger partial charge in [-0.05, 0) is 24.3 Å². The first-order valence-electron chi connectivity index (χ1n) is 7.55. The number of hydrogen-bond acceptors (Lipinski definition) is 5. The summed E-state index contributed by atoms with van der Waals surface area (Å²) in [7, 11) is 1.84. The third-order valence-corrected chi connectivity index (χ3v) is 4.45. The molecule has 4 aromatic rings. The summed E-state index contributed by atoms with van der Waals surface area (Å²) in [6.45, 7) is 0. The van der Waals surface area contributed by atoms with Gasteiger partial charge in [-0.15, -0.1) is 11.3 Å². The minimum atomic E-state index is -0.246. The maximum atomic E-state index is 12.5. The number of benzene rings is 1. The van der Waals surface area contributed by atoms with Gasteiger partial charge in [0.05, 0.1) is 11.9 Å². The van der Waals surface area contributed by atoms with Crippen LogP contribution < -0.4 is 5.32 Å². The molecule has 3 heterocycles. The average Bonchev–Trinajstić information content (AvgIpc) is 3.36. The predicted molar refractivity (Wildman–Crippen MR) is 95.8 cm³/mol. The second kappa shape index (κ2) is 6.33. The summed E-state index contributed by atoms with van der Waals surface area (Å²) < 4.78 is 3.44. The number of aromatic nitrogens is 5. The van der Waals surface area contributed by atoms with E-state index in [1.54, 1.807) is 27.1 Å². The highest BCUT2D eigenvalue weighted by atomic mass is 32.1. The van der Waals surface area contributed by atoms with Crippen LogP contribution in [0, 0.1) is 0 Å². The number of thiazole rings is 1. The zero-order valence-electron chi connectivity index (χ0n) is 13.3. The number of aryl methyl sites for hydroxylation is 1. The molecule has 4 rings (SSSR count). The Morgan fingerprint density at radius 1 is 1.24 bits per heavy atom. The maximum Gasteiger partial charge on any atom is 0.275 e. The lowest BCUT2D eigenvalue weighted by molar-refractivity contribution is 0.102. The molecular formula is C17H14N6OS. The zero-order valence-corrected chi connectivity index (χ0v) is 14.1. The maximum absolute atomic E-state index is 12.5. The van der Waals surface area contributed by atoms with Crippen LogP contribution in [-0.4, -0.2) is 30.5 Å². The van der Waals surface area contributed by atoms with Crippen LogP contribution in [0.3, 0.4) is 0 Å². The van der Waals surface area contributed by atoms with Gasteiger partial charge in [0.2, 0.25) is 0 Å². The smallest absolute Gasteiger partial charge is 0.275 e. The Hall–Kier alpha value is -3.26. The van der Waals surface area contributed by atoms with Gasteiger partial charge in [0, 0.05) is 42.3 Å². The summed E-state index contributed by atoms with van der Waals surface area (Å²) >= 11 is 1.42. The van der Waals surface area contributed by atoms with Gasteiger partial charge in [0.25, 0.3) is 5.91 Å². The van der Waals surface area contributed by atoms with E-state index in [9.17, 15) is 4.79 Å². The molecular weight excluding hydrogens is 336 g/mol. The van der Waals surface area contributed by atoms with E-state index < -0.39 is 0 Å². The van der Waals surface area contributed by atoms with Crippen molar-refractivity contribution in [2.24, 2.45) is 7.05 Å². The molecule has 0 aliphatic carbocycles. The van der Waals surface area contributed by atoms with Crippen LogP contribution in [0.4, 0.5) is 5.69 Å². The van der Waals surface area contributed by atoms with Crippen LogP contribution in [-0.2, 0) is 7.05 Å². The largest absolute Gasteiger partial charge is 0.321 e. The Morgan fingerprint density at radius 2 is 2.16 bits per heavy atom. The van der Waals surface area contributed by atoms with Crippen LogP contribution in [0.25, 0.3) is 16.3 Å². The summed E-state index contributed by atoms with van der Waals surface area (Å²) in [5.41, 5.74) is 2.84. The molecule has 1 aromatic carbocycles. The van der Waals surface area contributed by atoms with Crippen LogP contribution in [0.15, 0.2) is 60.5 Å². The summed E-state index contributed by atoms with van der Waals surface area (Å²) in [4.78, 5) is 16.8. The molecule has 3 aromatic heterocycles. The van der Waals surface area contributed by atoms with Crippen molar-refractivity contribution < 1.29 is 4.79 Å². The molecule has 1 amide bonds. The topological polar surface area (TPSA) is 77.6 Å². The van der Waals surface area contributed by atoms with E-state index in [2.05, 4.69) is 20.5 Å². The number of rotatable bonds is 4. The van der Waals surface area contributed by atoms with Crippen molar-refractivity contribution in [3.8, 4) is 16.3 Å².